The molecule has 0 bridgehead atoms. The summed E-state index contributed by atoms with van der Waals surface area (Å²) in [5, 5.41) is 0. The van der Waals surface area contributed by atoms with E-state index in [9.17, 15) is 4.79 Å². The zero-order valence-electron chi connectivity index (χ0n) is 15.0. The molecule has 0 spiro atoms. The molecular formula is C20H27ClN2O2. The van der Waals surface area contributed by atoms with Gasteiger partial charge >= 0.3 is 0 Å². The molecule has 25 heavy (non-hydrogen) atoms. The molecule has 136 valence electrons. The SMILES string of the molecule is CCOc1ccc(CN(C)C(=O)C(C)C(N)c2ccccc2)cc1.Cl. The lowest BCUT2D eigenvalue weighted by atomic mass is 9.94. The number of hydrogen-bond donors (Lipinski definition) is 1. The first-order chi connectivity index (χ1) is 11.5. The second kappa shape index (κ2) is 10.1. The molecule has 2 aromatic carbocycles. The van der Waals surface area contributed by atoms with Crippen molar-refractivity contribution >= 4 is 18.3 Å². The lowest BCUT2D eigenvalue weighted by Crippen LogP contribution is -2.36. The van der Waals surface area contributed by atoms with Crippen LogP contribution in [0.1, 0.15) is 31.0 Å². The van der Waals surface area contributed by atoms with E-state index in [-0.39, 0.29) is 30.3 Å². The highest BCUT2D eigenvalue weighted by atomic mass is 35.5. The van der Waals surface area contributed by atoms with Crippen LogP contribution in [-0.2, 0) is 11.3 Å². The van der Waals surface area contributed by atoms with E-state index >= 15 is 0 Å². The Hall–Kier alpha value is -2.04. The van der Waals surface area contributed by atoms with Crippen LogP contribution in [0.25, 0.3) is 0 Å². The summed E-state index contributed by atoms with van der Waals surface area (Å²) in [6.45, 7) is 5.04. The van der Waals surface area contributed by atoms with Gasteiger partial charge in [0.05, 0.1) is 12.5 Å². The fraction of sp³-hybridized carbons (Fsp3) is 0.350. The molecule has 2 N–H and O–H groups in total. The zero-order valence-corrected chi connectivity index (χ0v) is 15.8. The Balaban J connectivity index is 0.00000312. The van der Waals surface area contributed by atoms with Gasteiger partial charge in [0.1, 0.15) is 5.75 Å². The van der Waals surface area contributed by atoms with Crippen molar-refractivity contribution in [1.82, 2.24) is 4.90 Å². The molecule has 0 aromatic heterocycles. The molecule has 2 unspecified atom stereocenters. The second-order valence-electron chi connectivity index (χ2n) is 6.00. The van der Waals surface area contributed by atoms with E-state index in [1.165, 1.54) is 0 Å². The van der Waals surface area contributed by atoms with Crippen LogP contribution in [0.4, 0.5) is 0 Å². The van der Waals surface area contributed by atoms with Crippen LogP contribution < -0.4 is 10.5 Å². The van der Waals surface area contributed by atoms with Gasteiger partial charge in [-0.1, -0.05) is 49.4 Å². The van der Waals surface area contributed by atoms with E-state index in [4.69, 9.17) is 10.5 Å². The highest BCUT2D eigenvalue weighted by Gasteiger charge is 2.24. The van der Waals surface area contributed by atoms with Crippen LogP contribution in [0.5, 0.6) is 5.75 Å². The van der Waals surface area contributed by atoms with E-state index in [1.807, 2.05) is 75.5 Å². The van der Waals surface area contributed by atoms with Gasteiger partial charge in [-0.25, -0.2) is 0 Å². The number of benzene rings is 2. The molecule has 0 saturated carbocycles. The van der Waals surface area contributed by atoms with Crippen molar-refractivity contribution in [2.24, 2.45) is 11.7 Å². The zero-order chi connectivity index (χ0) is 17.5. The first-order valence-electron chi connectivity index (χ1n) is 8.30. The van der Waals surface area contributed by atoms with Gasteiger partial charge in [0.25, 0.3) is 0 Å². The number of nitrogens with two attached hydrogens (primary N) is 1. The van der Waals surface area contributed by atoms with Gasteiger partial charge in [0.2, 0.25) is 5.91 Å². The van der Waals surface area contributed by atoms with E-state index in [0.29, 0.717) is 13.2 Å². The number of rotatable bonds is 7. The first-order valence-corrected chi connectivity index (χ1v) is 8.30. The predicted octanol–water partition coefficient (Wildman–Crippen LogP) is 3.80. The summed E-state index contributed by atoms with van der Waals surface area (Å²) >= 11 is 0. The van der Waals surface area contributed by atoms with Gasteiger partial charge < -0.3 is 15.4 Å². The van der Waals surface area contributed by atoms with E-state index in [1.54, 1.807) is 4.90 Å². The minimum Gasteiger partial charge on any atom is -0.494 e. The number of nitrogens with zero attached hydrogens (tertiary/aromatic N) is 1. The molecule has 2 atom stereocenters. The maximum Gasteiger partial charge on any atom is 0.227 e. The van der Waals surface area contributed by atoms with Crippen molar-refractivity contribution in [1.29, 1.82) is 0 Å². The van der Waals surface area contributed by atoms with Gasteiger partial charge in [-0.3, -0.25) is 4.79 Å². The summed E-state index contributed by atoms with van der Waals surface area (Å²) in [4.78, 5) is 14.4. The Morgan fingerprint density at radius 3 is 2.28 bits per heavy atom. The number of amides is 1. The third-order valence-corrected chi connectivity index (χ3v) is 4.14. The summed E-state index contributed by atoms with van der Waals surface area (Å²) in [6.07, 6.45) is 0. The van der Waals surface area contributed by atoms with Crippen LogP contribution in [0.15, 0.2) is 54.6 Å². The second-order valence-corrected chi connectivity index (χ2v) is 6.00. The number of carbonyl (C=O) groups is 1. The topological polar surface area (TPSA) is 55.6 Å². The normalized spacial score (nSPS) is 12.6. The summed E-state index contributed by atoms with van der Waals surface area (Å²) in [6, 6.07) is 17.3. The Morgan fingerprint density at radius 2 is 1.72 bits per heavy atom. The van der Waals surface area contributed by atoms with Crippen molar-refractivity contribution in [3.63, 3.8) is 0 Å². The minimum absolute atomic E-state index is 0. The standard InChI is InChI=1S/C20H26N2O2.ClH/c1-4-24-18-12-10-16(11-13-18)14-22(3)20(23)15(2)19(21)17-8-6-5-7-9-17;/h5-13,15,19H,4,14,21H2,1-3H3;1H. The fourth-order valence-electron chi connectivity index (χ4n) is 2.67. The van der Waals surface area contributed by atoms with Gasteiger partial charge in [-0.2, -0.15) is 0 Å². The molecule has 0 radical (unpaired) electrons. The molecular weight excluding hydrogens is 336 g/mol. The first kappa shape index (κ1) is 21.0. The fourth-order valence-corrected chi connectivity index (χ4v) is 2.67. The van der Waals surface area contributed by atoms with Gasteiger partial charge in [0, 0.05) is 19.6 Å². The summed E-state index contributed by atoms with van der Waals surface area (Å²) in [5.74, 6) is 0.607. The molecule has 0 aliphatic heterocycles. The van der Waals surface area contributed by atoms with Crippen LogP contribution in [0.3, 0.4) is 0 Å². The van der Waals surface area contributed by atoms with Crippen molar-refractivity contribution in [2.75, 3.05) is 13.7 Å². The lowest BCUT2D eigenvalue weighted by molar-refractivity contribution is -0.134. The van der Waals surface area contributed by atoms with Crippen LogP contribution in [-0.4, -0.2) is 24.5 Å². The van der Waals surface area contributed by atoms with Gasteiger partial charge in [-0.15, -0.1) is 12.4 Å². The Kier molecular flexibility index (Phi) is 8.46. The lowest BCUT2D eigenvalue weighted by Gasteiger charge is -2.25. The highest BCUT2D eigenvalue weighted by molar-refractivity contribution is 5.85. The molecule has 2 aromatic rings. The molecule has 2 rings (SSSR count). The third kappa shape index (κ3) is 5.76. The summed E-state index contributed by atoms with van der Waals surface area (Å²) < 4.78 is 5.43. The third-order valence-electron chi connectivity index (χ3n) is 4.14. The molecule has 0 heterocycles. The number of halogens is 1. The molecule has 5 heteroatoms. The van der Waals surface area contributed by atoms with E-state index < -0.39 is 0 Å². The summed E-state index contributed by atoms with van der Waals surface area (Å²) in [5.41, 5.74) is 8.30. The van der Waals surface area contributed by atoms with Crippen LogP contribution >= 0.6 is 12.4 Å². The molecule has 0 aliphatic carbocycles. The Morgan fingerprint density at radius 1 is 1.12 bits per heavy atom. The van der Waals surface area contributed by atoms with Crippen LogP contribution in [0.2, 0.25) is 0 Å². The van der Waals surface area contributed by atoms with Crippen LogP contribution in [0, 0.1) is 5.92 Å². The average Bonchev–Trinajstić information content (AvgIpc) is 2.62. The quantitative estimate of drug-likeness (QED) is 0.815. The molecule has 4 nitrogen and oxygen atoms in total. The molecule has 1 amide bonds. The Labute approximate surface area is 156 Å². The largest absolute Gasteiger partial charge is 0.494 e. The predicted molar refractivity (Wildman–Crippen MR) is 104 cm³/mol. The van der Waals surface area contributed by atoms with Gasteiger partial charge in [0.15, 0.2) is 0 Å². The van der Waals surface area contributed by atoms with E-state index in [2.05, 4.69) is 0 Å². The van der Waals surface area contributed by atoms with E-state index in [0.717, 1.165) is 16.9 Å². The molecule has 0 saturated heterocycles. The minimum atomic E-state index is -0.304. The molecule has 0 fully saturated rings. The highest BCUT2D eigenvalue weighted by Crippen LogP contribution is 2.21. The number of carbonyl (C=O) groups excluding carboxylic acids is 1. The number of hydrogen-bond acceptors (Lipinski definition) is 3. The average molecular weight is 363 g/mol. The summed E-state index contributed by atoms with van der Waals surface area (Å²) in [7, 11) is 1.81. The number of ether oxygens (including phenoxy) is 1. The van der Waals surface area contributed by atoms with Crippen molar-refractivity contribution in [3.8, 4) is 5.75 Å². The maximum absolute atomic E-state index is 12.7. The van der Waals surface area contributed by atoms with Crippen molar-refractivity contribution in [3.05, 3.63) is 65.7 Å². The Bertz CT molecular complexity index is 647. The molecule has 0 aliphatic rings. The monoisotopic (exact) mass is 362 g/mol. The van der Waals surface area contributed by atoms with Gasteiger partial charge in [-0.05, 0) is 30.2 Å². The van der Waals surface area contributed by atoms with Crippen molar-refractivity contribution < 1.29 is 9.53 Å². The maximum atomic E-state index is 12.7. The van der Waals surface area contributed by atoms with Crippen molar-refractivity contribution in [2.45, 2.75) is 26.4 Å². The smallest absolute Gasteiger partial charge is 0.227 e.